The predicted molar refractivity (Wildman–Crippen MR) is 72.1 cm³/mol. The van der Waals surface area contributed by atoms with Crippen molar-refractivity contribution in [3.8, 4) is 0 Å². The Morgan fingerprint density at radius 1 is 1.44 bits per heavy atom. The van der Waals surface area contributed by atoms with Crippen LogP contribution in [0.25, 0.3) is 0 Å². The zero-order valence-electron chi connectivity index (χ0n) is 11.0. The van der Waals surface area contributed by atoms with Gasteiger partial charge in [0.25, 0.3) is 5.91 Å². The maximum atomic E-state index is 12.1. The molecule has 4 heteroatoms. The summed E-state index contributed by atoms with van der Waals surface area (Å²) >= 11 is 0. The summed E-state index contributed by atoms with van der Waals surface area (Å²) in [5, 5.41) is 3.07. The molecule has 3 unspecified atom stereocenters. The summed E-state index contributed by atoms with van der Waals surface area (Å²) in [6, 6.07) is 3.68. The van der Waals surface area contributed by atoms with Crippen LogP contribution < -0.4 is 11.1 Å². The van der Waals surface area contributed by atoms with Gasteiger partial charge in [-0.3, -0.25) is 4.79 Å². The molecule has 0 aromatic carbocycles. The lowest BCUT2D eigenvalue weighted by Crippen LogP contribution is -2.44. The van der Waals surface area contributed by atoms with Crippen LogP contribution in [0.3, 0.4) is 0 Å². The van der Waals surface area contributed by atoms with E-state index in [4.69, 9.17) is 5.73 Å². The van der Waals surface area contributed by atoms with Gasteiger partial charge in [0.1, 0.15) is 0 Å². The summed E-state index contributed by atoms with van der Waals surface area (Å²) in [6.45, 7) is 4.45. The average Bonchev–Trinajstić information content (AvgIpc) is 2.35. The maximum absolute atomic E-state index is 12.1. The highest BCUT2D eigenvalue weighted by Gasteiger charge is 2.28. The molecule has 0 spiro atoms. The zero-order chi connectivity index (χ0) is 13.1. The molecule has 1 aromatic heterocycles. The number of aromatic nitrogens is 1. The van der Waals surface area contributed by atoms with Crippen LogP contribution in [-0.4, -0.2) is 16.9 Å². The van der Waals surface area contributed by atoms with Crippen molar-refractivity contribution in [2.24, 2.45) is 11.8 Å². The molecule has 3 N–H and O–H groups in total. The molecule has 0 saturated heterocycles. The molecule has 1 aliphatic rings. The summed E-state index contributed by atoms with van der Waals surface area (Å²) in [5.41, 5.74) is 6.54. The van der Waals surface area contributed by atoms with E-state index < -0.39 is 0 Å². The topological polar surface area (TPSA) is 68.0 Å². The van der Waals surface area contributed by atoms with E-state index in [-0.39, 0.29) is 11.9 Å². The fourth-order valence-corrected chi connectivity index (χ4v) is 2.63. The van der Waals surface area contributed by atoms with Crippen LogP contribution >= 0.6 is 0 Å². The van der Waals surface area contributed by atoms with Crippen molar-refractivity contribution < 1.29 is 4.79 Å². The number of hydrogen-bond acceptors (Lipinski definition) is 3. The van der Waals surface area contributed by atoms with E-state index in [1.165, 1.54) is 12.8 Å². The van der Waals surface area contributed by atoms with Crippen molar-refractivity contribution in [1.29, 1.82) is 0 Å². The molecule has 0 aliphatic heterocycles. The van der Waals surface area contributed by atoms with Crippen molar-refractivity contribution in [2.75, 3.05) is 5.73 Å². The second kappa shape index (κ2) is 5.38. The summed E-state index contributed by atoms with van der Waals surface area (Å²) in [5.74, 6) is 1.01. The molecule has 2 rings (SSSR count). The third-order valence-electron chi connectivity index (χ3n) is 4.08. The minimum absolute atomic E-state index is 0.154. The lowest BCUT2D eigenvalue weighted by molar-refractivity contribution is 0.0887. The average molecular weight is 247 g/mol. The van der Waals surface area contributed by atoms with Gasteiger partial charge in [-0.1, -0.05) is 26.7 Å². The van der Waals surface area contributed by atoms with Gasteiger partial charge < -0.3 is 11.1 Å². The number of amides is 1. The molecular weight excluding hydrogens is 226 g/mol. The van der Waals surface area contributed by atoms with Gasteiger partial charge in [0.2, 0.25) is 0 Å². The number of anilines is 1. The van der Waals surface area contributed by atoms with Crippen molar-refractivity contribution in [1.82, 2.24) is 10.3 Å². The Balaban J connectivity index is 2.05. The highest BCUT2D eigenvalue weighted by molar-refractivity contribution is 5.97. The van der Waals surface area contributed by atoms with Gasteiger partial charge in [-0.2, -0.15) is 0 Å². The van der Waals surface area contributed by atoms with Crippen molar-refractivity contribution in [2.45, 2.75) is 39.2 Å². The molecule has 0 bridgehead atoms. The van der Waals surface area contributed by atoms with Crippen LogP contribution in [-0.2, 0) is 0 Å². The molecule has 3 atom stereocenters. The Kier molecular flexibility index (Phi) is 3.84. The standard InChI is InChI=1S/C14H21N3O/c1-9-5-3-7-12(10(9)2)17-14(18)13-11(15)6-4-8-16-13/h4,6,8-10,12H,3,5,7,15H2,1-2H3,(H,17,18). The third-order valence-corrected chi connectivity index (χ3v) is 4.08. The normalized spacial score (nSPS) is 27.8. The number of rotatable bonds is 2. The molecule has 1 saturated carbocycles. The molecule has 0 radical (unpaired) electrons. The van der Waals surface area contributed by atoms with E-state index in [9.17, 15) is 4.79 Å². The van der Waals surface area contributed by atoms with Gasteiger partial charge in [-0.15, -0.1) is 0 Å². The fourth-order valence-electron chi connectivity index (χ4n) is 2.63. The molecule has 1 heterocycles. The molecule has 98 valence electrons. The number of carbonyl (C=O) groups is 1. The number of nitrogen functional groups attached to an aromatic ring is 1. The van der Waals surface area contributed by atoms with Crippen LogP contribution in [0.5, 0.6) is 0 Å². The highest BCUT2D eigenvalue weighted by atomic mass is 16.2. The summed E-state index contributed by atoms with van der Waals surface area (Å²) in [7, 11) is 0. The van der Waals surface area contributed by atoms with Crippen LogP contribution in [0.4, 0.5) is 5.69 Å². The van der Waals surface area contributed by atoms with Gasteiger partial charge in [0.15, 0.2) is 5.69 Å². The maximum Gasteiger partial charge on any atom is 0.272 e. The van der Waals surface area contributed by atoms with Crippen LogP contribution in [0.2, 0.25) is 0 Å². The lowest BCUT2D eigenvalue weighted by atomic mass is 9.78. The van der Waals surface area contributed by atoms with Gasteiger partial charge in [0.05, 0.1) is 5.69 Å². The van der Waals surface area contributed by atoms with E-state index >= 15 is 0 Å². The number of carbonyl (C=O) groups excluding carboxylic acids is 1. The fraction of sp³-hybridized carbons (Fsp3) is 0.571. The van der Waals surface area contributed by atoms with E-state index in [0.717, 1.165) is 6.42 Å². The summed E-state index contributed by atoms with van der Waals surface area (Å²) in [6.07, 6.45) is 5.07. The van der Waals surface area contributed by atoms with Crippen LogP contribution in [0.1, 0.15) is 43.6 Å². The van der Waals surface area contributed by atoms with Crippen LogP contribution in [0.15, 0.2) is 18.3 Å². The minimum atomic E-state index is -0.154. The summed E-state index contributed by atoms with van der Waals surface area (Å²) in [4.78, 5) is 16.2. The monoisotopic (exact) mass is 247 g/mol. The quantitative estimate of drug-likeness (QED) is 0.842. The molecule has 1 aliphatic carbocycles. The van der Waals surface area contributed by atoms with Gasteiger partial charge in [-0.05, 0) is 30.4 Å². The third kappa shape index (κ3) is 2.63. The lowest BCUT2D eigenvalue weighted by Gasteiger charge is -2.34. The van der Waals surface area contributed by atoms with Gasteiger partial charge in [-0.25, -0.2) is 4.98 Å². The minimum Gasteiger partial charge on any atom is -0.397 e. The predicted octanol–water partition coefficient (Wildman–Crippen LogP) is 2.22. The Morgan fingerprint density at radius 3 is 2.94 bits per heavy atom. The second-order valence-electron chi connectivity index (χ2n) is 5.29. The molecule has 4 nitrogen and oxygen atoms in total. The van der Waals surface area contributed by atoms with Gasteiger partial charge in [0, 0.05) is 12.2 Å². The van der Waals surface area contributed by atoms with Crippen molar-refractivity contribution in [3.63, 3.8) is 0 Å². The molecule has 1 amide bonds. The number of hydrogen-bond donors (Lipinski definition) is 2. The van der Waals surface area contributed by atoms with Gasteiger partial charge >= 0.3 is 0 Å². The number of nitrogens with zero attached hydrogens (tertiary/aromatic N) is 1. The first-order valence-corrected chi connectivity index (χ1v) is 6.61. The number of nitrogens with two attached hydrogens (primary N) is 1. The zero-order valence-corrected chi connectivity index (χ0v) is 11.0. The van der Waals surface area contributed by atoms with E-state index in [0.29, 0.717) is 23.2 Å². The first-order chi connectivity index (χ1) is 8.59. The van der Waals surface area contributed by atoms with Crippen molar-refractivity contribution >= 4 is 11.6 Å². The Morgan fingerprint density at radius 2 is 2.22 bits per heavy atom. The van der Waals surface area contributed by atoms with Crippen molar-refractivity contribution in [3.05, 3.63) is 24.0 Å². The molecular formula is C14H21N3O. The SMILES string of the molecule is CC1CCCC(NC(=O)c2ncccc2N)C1C. The first-order valence-electron chi connectivity index (χ1n) is 6.61. The first kappa shape index (κ1) is 12.9. The van der Waals surface area contributed by atoms with E-state index in [1.807, 2.05) is 0 Å². The largest absolute Gasteiger partial charge is 0.397 e. The Bertz CT molecular complexity index is 433. The molecule has 1 fully saturated rings. The Hall–Kier alpha value is -1.58. The van der Waals surface area contributed by atoms with Crippen LogP contribution in [0, 0.1) is 11.8 Å². The van der Waals surface area contributed by atoms with E-state index in [2.05, 4.69) is 24.1 Å². The molecule has 1 aromatic rings. The van der Waals surface area contributed by atoms with E-state index in [1.54, 1.807) is 18.3 Å². The Labute approximate surface area is 108 Å². The molecule has 18 heavy (non-hydrogen) atoms. The smallest absolute Gasteiger partial charge is 0.272 e. The summed E-state index contributed by atoms with van der Waals surface area (Å²) < 4.78 is 0. The second-order valence-corrected chi connectivity index (χ2v) is 5.29. The number of pyridine rings is 1. The highest BCUT2D eigenvalue weighted by Crippen LogP contribution is 2.29. The number of nitrogens with one attached hydrogen (secondary N) is 1.